The largest absolute Gasteiger partial charge is 0.482 e. The van der Waals surface area contributed by atoms with Gasteiger partial charge in [-0.2, -0.15) is 0 Å². The fraction of sp³-hybridized carbons (Fsp3) is 0.391. The first-order chi connectivity index (χ1) is 14.4. The molecule has 0 aromatic heterocycles. The topological polar surface area (TPSA) is 58.6 Å². The summed E-state index contributed by atoms with van der Waals surface area (Å²) >= 11 is 9.53. The van der Waals surface area contributed by atoms with Gasteiger partial charge in [0.25, 0.3) is 5.91 Å². The van der Waals surface area contributed by atoms with Gasteiger partial charge < -0.3 is 15.0 Å². The minimum absolute atomic E-state index is 0.132. The van der Waals surface area contributed by atoms with Crippen LogP contribution < -0.4 is 10.1 Å². The van der Waals surface area contributed by atoms with Gasteiger partial charge in [0.1, 0.15) is 11.8 Å². The number of nitrogens with one attached hydrogen (secondary N) is 1. The van der Waals surface area contributed by atoms with Crippen molar-refractivity contribution in [3.8, 4) is 5.75 Å². The molecule has 2 aromatic rings. The van der Waals surface area contributed by atoms with Crippen LogP contribution in [0.25, 0.3) is 0 Å². The number of ether oxygens (including phenoxy) is 1. The van der Waals surface area contributed by atoms with Gasteiger partial charge in [-0.25, -0.2) is 0 Å². The van der Waals surface area contributed by atoms with Crippen molar-refractivity contribution in [2.45, 2.75) is 51.2 Å². The molecule has 5 nitrogen and oxygen atoms in total. The lowest BCUT2D eigenvalue weighted by molar-refractivity contribution is -0.142. The van der Waals surface area contributed by atoms with Crippen LogP contribution in [-0.2, 0) is 16.1 Å². The van der Waals surface area contributed by atoms with Crippen molar-refractivity contribution in [1.82, 2.24) is 10.2 Å². The lowest BCUT2D eigenvalue weighted by atomic mass is 10.1. The number of benzene rings is 2. The zero-order chi connectivity index (χ0) is 21.5. The summed E-state index contributed by atoms with van der Waals surface area (Å²) in [7, 11) is 0. The summed E-state index contributed by atoms with van der Waals surface area (Å²) in [5.74, 6) is 0.0238. The van der Waals surface area contributed by atoms with E-state index in [4.69, 9.17) is 16.3 Å². The standard InChI is InChI=1S/C23H26BrClN2O3/c1-16(23(29)26-19-9-5-6-10-19)27(14-17-7-3-2-4-8-17)22(28)15-30-21-12-11-18(24)13-20(21)25/h2-4,7-8,11-13,16,19H,5-6,9-10,14-15H2,1H3,(H,26,29). The van der Waals surface area contributed by atoms with E-state index in [1.807, 2.05) is 30.3 Å². The molecule has 1 aliphatic rings. The number of nitrogens with zero attached hydrogens (tertiary/aromatic N) is 1. The summed E-state index contributed by atoms with van der Waals surface area (Å²) in [6, 6.07) is 14.4. The molecular weight excluding hydrogens is 468 g/mol. The molecule has 0 radical (unpaired) electrons. The molecule has 1 N–H and O–H groups in total. The van der Waals surface area contributed by atoms with Gasteiger partial charge in [0.15, 0.2) is 6.61 Å². The van der Waals surface area contributed by atoms with Crippen molar-refractivity contribution in [1.29, 1.82) is 0 Å². The Labute approximate surface area is 190 Å². The highest BCUT2D eigenvalue weighted by Crippen LogP contribution is 2.28. The van der Waals surface area contributed by atoms with Crippen LogP contribution in [0.2, 0.25) is 5.02 Å². The molecule has 0 spiro atoms. The Bertz CT molecular complexity index is 872. The van der Waals surface area contributed by atoms with Gasteiger partial charge in [-0.05, 0) is 43.5 Å². The molecule has 160 valence electrons. The highest BCUT2D eigenvalue weighted by atomic mass is 79.9. The summed E-state index contributed by atoms with van der Waals surface area (Å²) in [6.45, 7) is 1.89. The first-order valence-electron chi connectivity index (χ1n) is 10.2. The first kappa shape index (κ1) is 22.6. The van der Waals surface area contributed by atoms with Gasteiger partial charge in [0, 0.05) is 17.1 Å². The molecule has 7 heteroatoms. The van der Waals surface area contributed by atoms with E-state index in [9.17, 15) is 9.59 Å². The maximum Gasteiger partial charge on any atom is 0.261 e. The van der Waals surface area contributed by atoms with Gasteiger partial charge in [0.2, 0.25) is 5.91 Å². The summed E-state index contributed by atoms with van der Waals surface area (Å²) in [5, 5.41) is 3.50. The molecule has 2 amide bonds. The molecule has 0 bridgehead atoms. The summed E-state index contributed by atoms with van der Waals surface area (Å²) < 4.78 is 6.49. The number of halogens is 2. The van der Waals surface area contributed by atoms with Crippen molar-refractivity contribution in [3.05, 3.63) is 63.6 Å². The van der Waals surface area contributed by atoms with Gasteiger partial charge >= 0.3 is 0 Å². The van der Waals surface area contributed by atoms with Crippen molar-refractivity contribution in [2.24, 2.45) is 0 Å². The molecule has 1 atom stereocenters. The van der Waals surface area contributed by atoms with Crippen LogP contribution in [0.1, 0.15) is 38.2 Å². The molecule has 1 unspecified atom stereocenters. The Hall–Kier alpha value is -2.05. The van der Waals surface area contributed by atoms with Crippen LogP contribution >= 0.6 is 27.5 Å². The minimum Gasteiger partial charge on any atom is -0.482 e. The Balaban J connectivity index is 1.70. The number of hydrogen-bond donors (Lipinski definition) is 1. The molecule has 3 rings (SSSR count). The van der Waals surface area contributed by atoms with Crippen molar-refractivity contribution in [2.75, 3.05) is 6.61 Å². The zero-order valence-electron chi connectivity index (χ0n) is 16.9. The fourth-order valence-electron chi connectivity index (χ4n) is 3.57. The van der Waals surface area contributed by atoms with Crippen LogP contribution in [0.5, 0.6) is 5.75 Å². The number of hydrogen-bond acceptors (Lipinski definition) is 3. The van der Waals surface area contributed by atoms with Gasteiger partial charge in [-0.1, -0.05) is 70.7 Å². The van der Waals surface area contributed by atoms with E-state index >= 15 is 0 Å². The molecule has 30 heavy (non-hydrogen) atoms. The highest BCUT2D eigenvalue weighted by Gasteiger charge is 2.28. The third-order valence-corrected chi connectivity index (χ3v) is 6.10. The smallest absolute Gasteiger partial charge is 0.261 e. The highest BCUT2D eigenvalue weighted by molar-refractivity contribution is 9.10. The predicted octanol–water partition coefficient (Wildman–Crippen LogP) is 4.96. The summed E-state index contributed by atoms with van der Waals surface area (Å²) in [6.07, 6.45) is 4.26. The van der Waals surface area contributed by atoms with Crippen LogP contribution in [0.15, 0.2) is 53.0 Å². The third-order valence-electron chi connectivity index (χ3n) is 5.31. The zero-order valence-corrected chi connectivity index (χ0v) is 19.3. The second-order valence-electron chi connectivity index (χ2n) is 7.54. The second-order valence-corrected chi connectivity index (χ2v) is 8.86. The molecule has 1 fully saturated rings. The SMILES string of the molecule is CC(C(=O)NC1CCCC1)N(Cc1ccccc1)C(=O)COc1ccc(Br)cc1Cl. The van der Waals surface area contributed by atoms with E-state index in [2.05, 4.69) is 21.2 Å². The van der Waals surface area contributed by atoms with Gasteiger partial charge in [-0.15, -0.1) is 0 Å². The predicted molar refractivity (Wildman–Crippen MR) is 121 cm³/mol. The van der Waals surface area contributed by atoms with Crippen LogP contribution in [0.4, 0.5) is 0 Å². The molecule has 1 aliphatic carbocycles. The number of amides is 2. The van der Waals surface area contributed by atoms with E-state index in [1.165, 1.54) is 0 Å². The maximum absolute atomic E-state index is 13.1. The Morgan fingerprint density at radius 2 is 1.90 bits per heavy atom. The lowest BCUT2D eigenvalue weighted by Crippen LogP contribution is -2.50. The molecule has 1 saturated carbocycles. The first-order valence-corrected chi connectivity index (χ1v) is 11.3. The number of rotatable bonds is 8. The Morgan fingerprint density at radius 3 is 2.57 bits per heavy atom. The molecule has 2 aromatic carbocycles. The van der Waals surface area contributed by atoms with Crippen LogP contribution in [0, 0.1) is 0 Å². The lowest BCUT2D eigenvalue weighted by Gasteiger charge is -2.29. The van der Waals surface area contributed by atoms with Gasteiger partial charge in [-0.3, -0.25) is 9.59 Å². The molecular formula is C23H26BrClN2O3. The monoisotopic (exact) mass is 492 g/mol. The fourth-order valence-corrected chi connectivity index (χ4v) is 4.30. The average Bonchev–Trinajstić information content (AvgIpc) is 3.24. The normalized spacial score (nSPS) is 14.9. The molecule has 0 aliphatic heterocycles. The maximum atomic E-state index is 13.1. The molecule has 0 heterocycles. The number of carbonyl (C=O) groups excluding carboxylic acids is 2. The van der Waals surface area contributed by atoms with E-state index in [-0.39, 0.29) is 24.5 Å². The van der Waals surface area contributed by atoms with Crippen LogP contribution in [0.3, 0.4) is 0 Å². The summed E-state index contributed by atoms with van der Waals surface area (Å²) in [4.78, 5) is 27.4. The molecule has 0 saturated heterocycles. The quantitative estimate of drug-likeness (QED) is 0.566. The van der Waals surface area contributed by atoms with Crippen molar-refractivity contribution < 1.29 is 14.3 Å². The van der Waals surface area contributed by atoms with E-state index in [0.717, 1.165) is 35.7 Å². The van der Waals surface area contributed by atoms with E-state index in [1.54, 1.807) is 30.0 Å². The van der Waals surface area contributed by atoms with Gasteiger partial charge in [0.05, 0.1) is 5.02 Å². The van der Waals surface area contributed by atoms with Crippen molar-refractivity contribution >= 4 is 39.3 Å². The van der Waals surface area contributed by atoms with E-state index < -0.39 is 6.04 Å². The summed E-state index contributed by atoms with van der Waals surface area (Å²) in [5.41, 5.74) is 0.952. The van der Waals surface area contributed by atoms with Crippen LogP contribution in [-0.4, -0.2) is 35.4 Å². The average molecular weight is 494 g/mol. The van der Waals surface area contributed by atoms with E-state index in [0.29, 0.717) is 17.3 Å². The third kappa shape index (κ3) is 6.22. The van der Waals surface area contributed by atoms with Crippen molar-refractivity contribution in [3.63, 3.8) is 0 Å². The Kier molecular flexibility index (Phi) is 8.16. The second kappa shape index (κ2) is 10.8. The number of carbonyl (C=O) groups is 2. The Morgan fingerprint density at radius 1 is 1.20 bits per heavy atom. The minimum atomic E-state index is -0.609.